The Bertz CT molecular complexity index is 564. The van der Waals surface area contributed by atoms with Gasteiger partial charge in [0.1, 0.15) is 12.4 Å². The smallest absolute Gasteiger partial charge is 0.338 e. The monoisotopic (exact) mass is 349 g/mol. The van der Waals surface area contributed by atoms with E-state index in [4.69, 9.17) is 14.2 Å². The lowest BCUT2D eigenvalue weighted by molar-refractivity contribution is -0.125. The summed E-state index contributed by atoms with van der Waals surface area (Å²) in [5, 5.41) is 2.79. The molecule has 1 aromatic carbocycles. The van der Waals surface area contributed by atoms with Crippen molar-refractivity contribution in [3.8, 4) is 5.75 Å². The molecule has 1 N–H and O–H groups in total. The van der Waals surface area contributed by atoms with Gasteiger partial charge >= 0.3 is 5.97 Å². The summed E-state index contributed by atoms with van der Waals surface area (Å²) in [6.45, 7) is 6.96. The average molecular weight is 349 g/mol. The summed E-state index contributed by atoms with van der Waals surface area (Å²) >= 11 is 0. The van der Waals surface area contributed by atoms with Crippen molar-refractivity contribution >= 4 is 11.9 Å². The van der Waals surface area contributed by atoms with Gasteiger partial charge in [-0.3, -0.25) is 4.79 Å². The Hall–Kier alpha value is -2.08. The van der Waals surface area contributed by atoms with Gasteiger partial charge < -0.3 is 19.5 Å². The van der Waals surface area contributed by atoms with E-state index in [1.807, 2.05) is 20.8 Å². The highest BCUT2D eigenvalue weighted by Gasteiger charge is 2.16. The number of benzene rings is 1. The minimum Gasteiger partial charge on any atom is -0.491 e. The first kappa shape index (κ1) is 19.2. The molecule has 1 aromatic rings. The molecule has 2 atom stereocenters. The van der Waals surface area contributed by atoms with E-state index in [9.17, 15) is 9.59 Å². The Morgan fingerprint density at radius 1 is 1.24 bits per heavy atom. The molecule has 1 heterocycles. The zero-order valence-corrected chi connectivity index (χ0v) is 15.1. The summed E-state index contributed by atoms with van der Waals surface area (Å²) in [5.74, 6) is 0.168. The normalized spacial score (nSPS) is 18.0. The Morgan fingerprint density at radius 3 is 2.56 bits per heavy atom. The summed E-state index contributed by atoms with van der Waals surface area (Å²) in [6.07, 6.45) is 2.24. The molecule has 1 saturated heterocycles. The fourth-order valence-corrected chi connectivity index (χ4v) is 2.33. The number of esters is 1. The Balaban J connectivity index is 1.74. The van der Waals surface area contributed by atoms with Gasteiger partial charge in [-0.15, -0.1) is 0 Å². The van der Waals surface area contributed by atoms with E-state index in [1.54, 1.807) is 24.3 Å². The molecule has 0 spiro atoms. The molecule has 6 nitrogen and oxygen atoms in total. The van der Waals surface area contributed by atoms with Crippen LogP contribution in [0.1, 0.15) is 44.0 Å². The standard InChI is InChI=1S/C19H27NO5/c1-13(2)14(3)20-18(21)12-25-19(22)15-6-8-16(9-7-15)24-11-17-5-4-10-23-17/h6-9,13-14,17H,4-5,10-12H2,1-3H3,(H,20,21)/t14-,17-/m0/s1. The van der Waals surface area contributed by atoms with Crippen LogP contribution in [-0.2, 0) is 14.3 Å². The van der Waals surface area contributed by atoms with Crippen molar-refractivity contribution in [1.29, 1.82) is 0 Å². The third-order valence-electron chi connectivity index (χ3n) is 4.27. The molecule has 6 heteroatoms. The predicted octanol–water partition coefficient (Wildman–Crippen LogP) is 2.56. The average Bonchev–Trinajstić information content (AvgIpc) is 3.11. The van der Waals surface area contributed by atoms with E-state index in [0.717, 1.165) is 19.4 Å². The molecule has 2 rings (SSSR count). The van der Waals surface area contributed by atoms with Gasteiger partial charge in [0, 0.05) is 12.6 Å². The fraction of sp³-hybridized carbons (Fsp3) is 0.579. The van der Waals surface area contributed by atoms with E-state index in [-0.39, 0.29) is 24.7 Å². The van der Waals surface area contributed by atoms with Crippen molar-refractivity contribution in [2.75, 3.05) is 19.8 Å². The minimum absolute atomic E-state index is 0.0338. The lowest BCUT2D eigenvalue weighted by atomic mass is 10.1. The number of hydrogen-bond acceptors (Lipinski definition) is 5. The maximum Gasteiger partial charge on any atom is 0.338 e. The van der Waals surface area contributed by atoms with Gasteiger partial charge in [-0.1, -0.05) is 13.8 Å². The SMILES string of the molecule is CC(C)[C@H](C)NC(=O)COC(=O)c1ccc(OC[C@@H]2CCCO2)cc1. The number of rotatable bonds is 8. The second kappa shape index (κ2) is 9.42. The molecule has 0 saturated carbocycles. The summed E-state index contributed by atoms with van der Waals surface area (Å²) in [6, 6.07) is 6.72. The van der Waals surface area contributed by atoms with Gasteiger partial charge in [0.15, 0.2) is 6.61 Å². The molecular formula is C19H27NO5. The number of ether oxygens (including phenoxy) is 3. The van der Waals surface area contributed by atoms with Crippen LogP contribution in [0.2, 0.25) is 0 Å². The Kier molecular flexibility index (Phi) is 7.25. The van der Waals surface area contributed by atoms with Crippen LogP contribution in [0.15, 0.2) is 24.3 Å². The molecule has 0 aliphatic carbocycles. The molecule has 25 heavy (non-hydrogen) atoms. The summed E-state index contributed by atoms with van der Waals surface area (Å²) < 4.78 is 16.2. The van der Waals surface area contributed by atoms with Crippen LogP contribution in [0.4, 0.5) is 0 Å². The van der Waals surface area contributed by atoms with Gasteiger partial charge in [0.2, 0.25) is 0 Å². The number of amides is 1. The van der Waals surface area contributed by atoms with Gasteiger partial charge in [-0.2, -0.15) is 0 Å². The van der Waals surface area contributed by atoms with E-state index in [0.29, 0.717) is 23.8 Å². The van der Waals surface area contributed by atoms with Crippen molar-refractivity contribution in [1.82, 2.24) is 5.32 Å². The molecule has 0 radical (unpaired) electrons. The molecule has 0 bridgehead atoms. The van der Waals surface area contributed by atoms with Gasteiger partial charge in [0.25, 0.3) is 5.91 Å². The van der Waals surface area contributed by atoms with Gasteiger partial charge in [-0.05, 0) is 49.9 Å². The van der Waals surface area contributed by atoms with Crippen LogP contribution >= 0.6 is 0 Å². The first-order valence-corrected chi connectivity index (χ1v) is 8.76. The predicted molar refractivity (Wildman–Crippen MR) is 93.6 cm³/mol. The van der Waals surface area contributed by atoms with E-state index in [2.05, 4.69) is 5.32 Å². The summed E-state index contributed by atoms with van der Waals surface area (Å²) in [4.78, 5) is 23.7. The molecule has 0 aromatic heterocycles. The maximum atomic E-state index is 12.0. The summed E-state index contributed by atoms with van der Waals surface area (Å²) in [5.41, 5.74) is 0.383. The van der Waals surface area contributed by atoms with Crippen molar-refractivity contribution < 1.29 is 23.8 Å². The zero-order chi connectivity index (χ0) is 18.2. The zero-order valence-electron chi connectivity index (χ0n) is 15.1. The van der Waals surface area contributed by atoms with Crippen molar-refractivity contribution in [2.24, 2.45) is 5.92 Å². The highest BCUT2D eigenvalue weighted by Crippen LogP contribution is 2.17. The molecular weight excluding hydrogens is 322 g/mol. The quantitative estimate of drug-likeness (QED) is 0.730. The molecule has 0 unspecified atom stereocenters. The topological polar surface area (TPSA) is 73.9 Å². The van der Waals surface area contributed by atoms with Crippen LogP contribution < -0.4 is 10.1 Å². The van der Waals surface area contributed by atoms with E-state index >= 15 is 0 Å². The van der Waals surface area contributed by atoms with Crippen LogP contribution in [0.25, 0.3) is 0 Å². The van der Waals surface area contributed by atoms with Gasteiger partial charge in [0.05, 0.1) is 11.7 Å². The molecule has 1 amide bonds. The highest BCUT2D eigenvalue weighted by atomic mass is 16.5. The Morgan fingerprint density at radius 2 is 1.96 bits per heavy atom. The molecule has 1 fully saturated rings. The van der Waals surface area contributed by atoms with Crippen molar-refractivity contribution in [2.45, 2.75) is 45.8 Å². The first-order valence-electron chi connectivity index (χ1n) is 8.76. The van der Waals surface area contributed by atoms with Crippen LogP contribution in [0.3, 0.4) is 0 Å². The minimum atomic E-state index is -0.530. The summed E-state index contributed by atoms with van der Waals surface area (Å²) in [7, 11) is 0. The highest BCUT2D eigenvalue weighted by molar-refractivity contribution is 5.91. The maximum absolute atomic E-state index is 12.0. The van der Waals surface area contributed by atoms with Crippen molar-refractivity contribution in [3.05, 3.63) is 29.8 Å². The number of hydrogen-bond donors (Lipinski definition) is 1. The van der Waals surface area contributed by atoms with Gasteiger partial charge in [-0.25, -0.2) is 4.79 Å². The van der Waals surface area contributed by atoms with Crippen LogP contribution in [0.5, 0.6) is 5.75 Å². The third kappa shape index (κ3) is 6.38. The van der Waals surface area contributed by atoms with E-state index in [1.165, 1.54) is 0 Å². The second-order valence-electron chi connectivity index (χ2n) is 6.65. The lowest BCUT2D eigenvalue weighted by Gasteiger charge is -2.17. The van der Waals surface area contributed by atoms with Crippen LogP contribution in [-0.4, -0.2) is 43.8 Å². The first-order chi connectivity index (χ1) is 12.0. The van der Waals surface area contributed by atoms with Crippen molar-refractivity contribution in [3.63, 3.8) is 0 Å². The number of carbonyl (C=O) groups excluding carboxylic acids is 2. The Labute approximate surface area is 148 Å². The fourth-order valence-electron chi connectivity index (χ4n) is 2.33. The lowest BCUT2D eigenvalue weighted by Crippen LogP contribution is -2.38. The molecule has 1 aliphatic rings. The molecule has 1 aliphatic heterocycles. The largest absolute Gasteiger partial charge is 0.491 e. The number of nitrogens with one attached hydrogen (secondary N) is 1. The molecule has 138 valence electrons. The third-order valence-corrected chi connectivity index (χ3v) is 4.27. The number of carbonyl (C=O) groups is 2. The van der Waals surface area contributed by atoms with Crippen LogP contribution in [0, 0.1) is 5.92 Å². The second-order valence-corrected chi connectivity index (χ2v) is 6.65. The van der Waals surface area contributed by atoms with E-state index < -0.39 is 5.97 Å².